The molecule has 0 fully saturated rings. The van der Waals surface area contributed by atoms with E-state index in [4.69, 9.17) is 5.84 Å². The first kappa shape index (κ1) is 15.6. The maximum atomic E-state index is 12.0. The lowest BCUT2D eigenvalue weighted by molar-refractivity contribution is 0.0954. The van der Waals surface area contributed by atoms with E-state index in [-0.39, 0.29) is 11.2 Å². The maximum absolute atomic E-state index is 12.0. The smallest absolute Gasteiger partial charge is 0.251 e. The summed E-state index contributed by atoms with van der Waals surface area (Å²) in [5, 5.41) is 2.67. The molecule has 0 aromatic carbocycles. The number of hydrazine groups is 1. The number of carbonyl (C=O) groups is 1. The van der Waals surface area contributed by atoms with Crippen LogP contribution in [0.4, 0.5) is 5.82 Å². The van der Waals surface area contributed by atoms with E-state index in [1.165, 1.54) is 0 Å². The molecule has 1 heterocycles. The standard InChI is InChI=1S/C12H20N4O2S/c1-4-10-5-9(6-11(15-10)16-13)12(17)14-7-8(2)19(3)18/h5-6,8H,4,7,13H2,1-3H3,(H,14,17)(H,15,16). The molecular formula is C12H20N4O2S. The minimum absolute atomic E-state index is 0.0801. The zero-order valence-corrected chi connectivity index (χ0v) is 12.2. The SMILES string of the molecule is CCc1cc(C(=O)NCC(C)S(C)=O)cc(NN)n1. The highest BCUT2D eigenvalue weighted by Gasteiger charge is 2.12. The van der Waals surface area contributed by atoms with Crippen LogP contribution < -0.4 is 16.6 Å². The zero-order valence-electron chi connectivity index (χ0n) is 11.4. The molecule has 0 saturated carbocycles. The van der Waals surface area contributed by atoms with Crippen molar-refractivity contribution in [2.45, 2.75) is 25.5 Å². The third-order valence-corrected chi connectivity index (χ3v) is 4.07. The van der Waals surface area contributed by atoms with Gasteiger partial charge in [0.05, 0.1) is 0 Å². The quantitative estimate of drug-likeness (QED) is 0.520. The molecule has 0 spiro atoms. The summed E-state index contributed by atoms with van der Waals surface area (Å²) in [5.74, 6) is 5.56. The summed E-state index contributed by atoms with van der Waals surface area (Å²) in [6, 6.07) is 3.31. The Labute approximate surface area is 115 Å². The van der Waals surface area contributed by atoms with Crippen LogP contribution in [-0.2, 0) is 17.2 Å². The third-order valence-electron chi connectivity index (χ3n) is 2.77. The Kier molecular flexibility index (Phi) is 5.91. The van der Waals surface area contributed by atoms with Crippen molar-refractivity contribution < 1.29 is 9.00 Å². The van der Waals surface area contributed by atoms with Crippen molar-refractivity contribution in [1.82, 2.24) is 10.3 Å². The fourth-order valence-electron chi connectivity index (χ4n) is 1.43. The molecule has 7 heteroatoms. The van der Waals surface area contributed by atoms with Crippen molar-refractivity contribution in [2.75, 3.05) is 18.2 Å². The Hall–Kier alpha value is -1.47. The highest BCUT2D eigenvalue weighted by atomic mass is 32.2. The Balaban J connectivity index is 2.78. The molecule has 6 nitrogen and oxygen atoms in total. The topological polar surface area (TPSA) is 97.1 Å². The van der Waals surface area contributed by atoms with Gasteiger partial charge in [-0.05, 0) is 25.5 Å². The van der Waals surface area contributed by atoms with Crippen LogP contribution in [0.5, 0.6) is 0 Å². The van der Waals surface area contributed by atoms with E-state index in [0.717, 1.165) is 5.69 Å². The zero-order chi connectivity index (χ0) is 14.4. The van der Waals surface area contributed by atoms with Crippen molar-refractivity contribution in [3.05, 3.63) is 23.4 Å². The van der Waals surface area contributed by atoms with Gasteiger partial charge in [0.25, 0.3) is 5.91 Å². The average Bonchev–Trinajstić information content (AvgIpc) is 2.43. The molecule has 0 saturated heterocycles. The fourth-order valence-corrected chi connectivity index (χ4v) is 1.75. The molecule has 19 heavy (non-hydrogen) atoms. The van der Waals surface area contributed by atoms with Gasteiger partial charge in [0.1, 0.15) is 5.82 Å². The van der Waals surface area contributed by atoms with Gasteiger partial charge < -0.3 is 10.7 Å². The van der Waals surface area contributed by atoms with Crippen molar-refractivity contribution in [2.24, 2.45) is 5.84 Å². The molecule has 1 aromatic rings. The number of nitrogen functional groups attached to an aromatic ring is 1. The Morgan fingerprint density at radius 3 is 2.74 bits per heavy atom. The van der Waals surface area contributed by atoms with Crippen LogP contribution in [0.3, 0.4) is 0 Å². The van der Waals surface area contributed by atoms with Crippen molar-refractivity contribution in [1.29, 1.82) is 0 Å². The number of pyridine rings is 1. The molecule has 4 N–H and O–H groups in total. The van der Waals surface area contributed by atoms with Gasteiger partial charge in [0.15, 0.2) is 0 Å². The lowest BCUT2D eigenvalue weighted by atomic mass is 10.2. The summed E-state index contributed by atoms with van der Waals surface area (Å²) in [4.78, 5) is 16.2. The number of nitrogens with zero attached hydrogens (tertiary/aromatic N) is 1. The average molecular weight is 284 g/mol. The second kappa shape index (κ2) is 7.20. The predicted molar refractivity (Wildman–Crippen MR) is 77.3 cm³/mol. The monoisotopic (exact) mass is 284 g/mol. The van der Waals surface area contributed by atoms with Gasteiger partial charge in [0.2, 0.25) is 0 Å². The first-order chi connectivity index (χ1) is 8.97. The molecule has 0 bridgehead atoms. The van der Waals surface area contributed by atoms with E-state index in [1.807, 2.05) is 13.8 Å². The molecule has 2 unspecified atom stereocenters. The van der Waals surface area contributed by atoms with Gasteiger partial charge in [-0.25, -0.2) is 10.8 Å². The second-order valence-corrected chi connectivity index (χ2v) is 6.05. The Morgan fingerprint density at radius 1 is 1.53 bits per heavy atom. The molecule has 0 aliphatic carbocycles. The lowest BCUT2D eigenvalue weighted by Gasteiger charge is -2.11. The number of aryl methyl sites for hydroxylation is 1. The molecular weight excluding hydrogens is 264 g/mol. The number of nitrogens with one attached hydrogen (secondary N) is 2. The molecule has 106 valence electrons. The van der Waals surface area contributed by atoms with E-state index in [1.54, 1.807) is 18.4 Å². The summed E-state index contributed by atoms with van der Waals surface area (Å²) < 4.78 is 11.2. The van der Waals surface area contributed by atoms with Gasteiger partial charge >= 0.3 is 0 Å². The Morgan fingerprint density at radius 2 is 2.21 bits per heavy atom. The van der Waals surface area contributed by atoms with Crippen molar-refractivity contribution in [3.63, 3.8) is 0 Å². The van der Waals surface area contributed by atoms with Crippen molar-refractivity contribution >= 4 is 22.5 Å². The first-order valence-corrected chi connectivity index (χ1v) is 7.68. The number of nitrogens with two attached hydrogens (primary N) is 1. The van der Waals surface area contributed by atoms with Crippen LogP contribution in [0.1, 0.15) is 29.9 Å². The van der Waals surface area contributed by atoms with Gasteiger partial charge in [-0.15, -0.1) is 0 Å². The van der Waals surface area contributed by atoms with Crippen LogP contribution in [-0.4, -0.2) is 33.2 Å². The van der Waals surface area contributed by atoms with Crippen LogP contribution in [0.25, 0.3) is 0 Å². The van der Waals surface area contributed by atoms with Crippen LogP contribution >= 0.6 is 0 Å². The van der Waals surface area contributed by atoms with Gasteiger partial charge in [0, 0.05) is 40.1 Å². The normalized spacial score (nSPS) is 13.7. The minimum Gasteiger partial charge on any atom is -0.351 e. The highest BCUT2D eigenvalue weighted by Crippen LogP contribution is 2.10. The Bertz CT molecular complexity index is 457. The molecule has 2 atom stereocenters. The molecule has 0 aliphatic heterocycles. The van der Waals surface area contributed by atoms with Gasteiger partial charge in [-0.2, -0.15) is 0 Å². The van der Waals surface area contributed by atoms with Crippen LogP contribution in [0.15, 0.2) is 12.1 Å². The van der Waals surface area contributed by atoms with E-state index in [0.29, 0.717) is 24.3 Å². The van der Waals surface area contributed by atoms with E-state index in [2.05, 4.69) is 15.7 Å². The largest absolute Gasteiger partial charge is 0.351 e. The van der Waals surface area contributed by atoms with Crippen LogP contribution in [0, 0.1) is 0 Å². The van der Waals surface area contributed by atoms with Gasteiger partial charge in [-0.1, -0.05) is 6.92 Å². The maximum Gasteiger partial charge on any atom is 0.251 e. The lowest BCUT2D eigenvalue weighted by Crippen LogP contribution is -2.32. The molecule has 0 radical (unpaired) electrons. The first-order valence-electron chi connectivity index (χ1n) is 6.06. The predicted octanol–water partition coefficient (Wildman–Crippen LogP) is 0.426. The number of carbonyl (C=O) groups excluding carboxylic acids is 1. The summed E-state index contributed by atoms with van der Waals surface area (Å²) in [6.45, 7) is 4.15. The number of anilines is 1. The number of rotatable bonds is 6. The number of aromatic nitrogens is 1. The molecule has 1 aromatic heterocycles. The summed E-state index contributed by atoms with van der Waals surface area (Å²) in [6.07, 6.45) is 2.33. The number of hydrogen-bond donors (Lipinski definition) is 3. The van der Waals surface area contributed by atoms with Crippen molar-refractivity contribution in [3.8, 4) is 0 Å². The minimum atomic E-state index is -0.955. The van der Waals surface area contributed by atoms with E-state index >= 15 is 0 Å². The summed E-state index contributed by atoms with van der Waals surface area (Å²) in [5.41, 5.74) is 3.72. The highest BCUT2D eigenvalue weighted by molar-refractivity contribution is 7.84. The number of amides is 1. The molecule has 1 rings (SSSR count). The molecule has 0 aliphatic rings. The van der Waals surface area contributed by atoms with E-state index < -0.39 is 10.8 Å². The molecule has 1 amide bonds. The van der Waals surface area contributed by atoms with E-state index in [9.17, 15) is 9.00 Å². The summed E-state index contributed by atoms with van der Waals surface area (Å²) >= 11 is 0. The second-order valence-electron chi connectivity index (χ2n) is 4.25. The third kappa shape index (κ3) is 4.60. The fraction of sp³-hybridized carbons (Fsp3) is 0.500. The van der Waals surface area contributed by atoms with Crippen LogP contribution in [0.2, 0.25) is 0 Å². The summed E-state index contributed by atoms with van der Waals surface area (Å²) in [7, 11) is -0.955. The van der Waals surface area contributed by atoms with Gasteiger partial charge in [-0.3, -0.25) is 9.00 Å². The number of hydrogen-bond acceptors (Lipinski definition) is 5.